The Labute approximate surface area is 115 Å². The zero-order chi connectivity index (χ0) is 14.6. The summed E-state index contributed by atoms with van der Waals surface area (Å²) in [6.07, 6.45) is 3.76. The maximum Gasteiger partial charge on any atom is 0.265 e. The van der Waals surface area contributed by atoms with Crippen molar-refractivity contribution in [1.29, 1.82) is 5.26 Å². The number of aromatic nitrogens is 3. The summed E-state index contributed by atoms with van der Waals surface area (Å²) in [6.45, 7) is 0. The summed E-state index contributed by atoms with van der Waals surface area (Å²) in [5.41, 5.74) is 0.129. The molecule has 20 heavy (non-hydrogen) atoms. The Morgan fingerprint density at radius 3 is 2.40 bits per heavy atom. The van der Waals surface area contributed by atoms with Crippen LogP contribution in [0.1, 0.15) is 5.69 Å². The zero-order valence-electron chi connectivity index (χ0n) is 10.3. The highest BCUT2D eigenvalue weighted by molar-refractivity contribution is 7.92. The lowest BCUT2D eigenvalue weighted by atomic mass is 10.4. The van der Waals surface area contributed by atoms with Crippen LogP contribution in [0.2, 0.25) is 0 Å². The van der Waals surface area contributed by atoms with Crippen molar-refractivity contribution >= 4 is 16.0 Å². The molecule has 1 N–H and O–H groups in total. The van der Waals surface area contributed by atoms with Crippen molar-refractivity contribution in [2.75, 3.05) is 11.8 Å². The van der Waals surface area contributed by atoms with Crippen LogP contribution in [0.15, 0.2) is 35.6 Å². The highest BCUT2D eigenvalue weighted by atomic mass is 32.2. The van der Waals surface area contributed by atoms with Crippen molar-refractivity contribution in [1.82, 2.24) is 15.0 Å². The molecule has 0 saturated carbocycles. The number of sulfonamides is 1. The van der Waals surface area contributed by atoms with E-state index in [1.165, 1.54) is 31.6 Å². The minimum absolute atomic E-state index is 0.0871. The van der Waals surface area contributed by atoms with Gasteiger partial charge in [-0.2, -0.15) is 5.26 Å². The number of ether oxygens (including phenoxy) is 1. The number of hydrogen-bond donors (Lipinski definition) is 1. The Morgan fingerprint density at radius 2 is 1.90 bits per heavy atom. The van der Waals surface area contributed by atoms with E-state index in [1.807, 2.05) is 0 Å². The molecule has 0 aliphatic carbocycles. The number of anilines is 1. The highest BCUT2D eigenvalue weighted by Gasteiger charge is 2.16. The van der Waals surface area contributed by atoms with Gasteiger partial charge in [-0.05, 0) is 12.1 Å². The molecule has 0 atom stereocenters. The SMILES string of the molecule is COc1cnc(NS(=O)(=O)c2ccc(C#N)nc2)nc1. The lowest BCUT2D eigenvalue weighted by molar-refractivity contribution is 0.411. The molecule has 2 rings (SSSR count). The van der Waals surface area contributed by atoms with Crippen LogP contribution in [0.3, 0.4) is 0 Å². The Balaban J connectivity index is 2.23. The van der Waals surface area contributed by atoms with Gasteiger partial charge in [0.2, 0.25) is 5.95 Å². The summed E-state index contributed by atoms with van der Waals surface area (Å²) in [6, 6.07) is 4.39. The van der Waals surface area contributed by atoms with Crippen LogP contribution in [-0.4, -0.2) is 30.5 Å². The quantitative estimate of drug-likeness (QED) is 0.873. The molecule has 2 heterocycles. The third kappa shape index (κ3) is 2.99. The number of methoxy groups -OCH3 is 1. The van der Waals surface area contributed by atoms with E-state index in [2.05, 4.69) is 19.7 Å². The summed E-state index contributed by atoms with van der Waals surface area (Å²) in [5, 5.41) is 8.61. The number of nitriles is 1. The van der Waals surface area contributed by atoms with Gasteiger partial charge in [-0.3, -0.25) is 0 Å². The molecular formula is C11H9N5O3S. The molecule has 0 unspecified atom stereocenters. The second-order valence-electron chi connectivity index (χ2n) is 3.54. The van der Waals surface area contributed by atoms with Gasteiger partial charge < -0.3 is 4.74 Å². The van der Waals surface area contributed by atoms with E-state index >= 15 is 0 Å². The third-order valence-electron chi connectivity index (χ3n) is 2.25. The molecule has 0 aromatic carbocycles. The first-order valence-electron chi connectivity index (χ1n) is 5.30. The molecule has 2 aromatic rings. The summed E-state index contributed by atoms with van der Waals surface area (Å²) >= 11 is 0. The number of nitrogens with one attached hydrogen (secondary N) is 1. The lowest BCUT2D eigenvalue weighted by Crippen LogP contribution is -2.15. The molecule has 0 radical (unpaired) electrons. The van der Waals surface area contributed by atoms with Crippen LogP contribution in [0.5, 0.6) is 5.75 Å². The standard InChI is InChI=1S/C11H9N5O3S/c1-19-9-5-14-11(15-6-9)16-20(17,18)10-3-2-8(4-12)13-7-10/h2-3,5-7H,1H3,(H,14,15,16). The fourth-order valence-corrected chi connectivity index (χ4v) is 2.16. The van der Waals surface area contributed by atoms with Gasteiger partial charge in [-0.1, -0.05) is 0 Å². The first-order chi connectivity index (χ1) is 9.55. The molecule has 0 spiro atoms. The van der Waals surface area contributed by atoms with E-state index in [0.717, 1.165) is 6.20 Å². The molecule has 102 valence electrons. The average molecular weight is 291 g/mol. The predicted molar refractivity (Wildman–Crippen MR) is 68.3 cm³/mol. The number of hydrogen-bond acceptors (Lipinski definition) is 7. The topological polar surface area (TPSA) is 118 Å². The second kappa shape index (κ2) is 5.50. The Morgan fingerprint density at radius 1 is 1.20 bits per heavy atom. The highest BCUT2D eigenvalue weighted by Crippen LogP contribution is 2.13. The van der Waals surface area contributed by atoms with Crippen molar-refractivity contribution < 1.29 is 13.2 Å². The zero-order valence-corrected chi connectivity index (χ0v) is 11.1. The predicted octanol–water partition coefficient (Wildman–Crippen LogP) is 0.553. The Bertz CT molecular complexity index is 735. The monoisotopic (exact) mass is 291 g/mol. The number of pyridine rings is 1. The van der Waals surface area contributed by atoms with E-state index in [9.17, 15) is 8.42 Å². The Kier molecular flexibility index (Phi) is 3.76. The second-order valence-corrected chi connectivity index (χ2v) is 5.23. The molecule has 0 aliphatic rings. The van der Waals surface area contributed by atoms with Gasteiger partial charge in [0, 0.05) is 6.20 Å². The molecule has 2 aromatic heterocycles. The maximum absolute atomic E-state index is 12.0. The summed E-state index contributed by atoms with van der Waals surface area (Å²) < 4.78 is 31.1. The smallest absolute Gasteiger partial charge is 0.265 e. The van der Waals surface area contributed by atoms with E-state index in [0.29, 0.717) is 5.75 Å². The van der Waals surface area contributed by atoms with Crippen molar-refractivity contribution in [2.24, 2.45) is 0 Å². The Hall–Kier alpha value is -2.73. The van der Waals surface area contributed by atoms with Crippen molar-refractivity contribution in [2.45, 2.75) is 4.90 Å². The van der Waals surface area contributed by atoms with Crippen molar-refractivity contribution in [3.63, 3.8) is 0 Å². The minimum Gasteiger partial charge on any atom is -0.494 e. The lowest BCUT2D eigenvalue weighted by Gasteiger charge is -2.06. The van der Waals surface area contributed by atoms with E-state index in [-0.39, 0.29) is 16.5 Å². The molecule has 0 saturated heterocycles. The van der Waals surface area contributed by atoms with Crippen LogP contribution in [-0.2, 0) is 10.0 Å². The third-order valence-corrected chi connectivity index (χ3v) is 3.56. The fraction of sp³-hybridized carbons (Fsp3) is 0.0909. The fourth-order valence-electron chi connectivity index (χ4n) is 1.26. The molecule has 0 amide bonds. The molecular weight excluding hydrogens is 282 g/mol. The summed E-state index contributed by atoms with van der Waals surface area (Å²) in [4.78, 5) is 11.2. The molecule has 0 aliphatic heterocycles. The van der Waals surface area contributed by atoms with Crippen LogP contribution < -0.4 is 9.46 Å². The minimum atomic E-state index is -3.85. The van der Waals surface area contributed by atoms with Gasteiger partial charge in [0.1, 0.15) is 16.7 Å². The van der Waals surface area contributed by atoms with Gasteiger partial charge >= 0.3 is 0 Å². The first kappa shape index (κ1) is 13.7. The van der Waals surface area contributed by atoms with E-state index in [1.54, 1.807) is 6.07 Å². The maximum atomic E-state index is 12.0. The van der Waals surface area contributed by atoms with Crippen LogP contribution >= 0.6 is 0 Å². The molecule has 9 heteroatoms. The van der Waals surface area contributed by atoms with E-state index in [4.69, 9.17) is 10.00 Å². The largest absolute Gasteiger partial charge is 0.494 e. The van der Waals surface area contributed by atoms with Crippen LogP contribution in [0.25, 0.3) is 0 Å². The van der Waals surface area contributed by atoms with Gasteiger partial charge in [0.25, 0.3) is 10.0 Å². The van der Waals surface area contributed by atoms with E-state index < -0.39 is 10.0 Å². The summed E-state index contributed by atoms with van der Waals surface area (Å²) in [7, 11) is -2.40. The normalized spacial score (nSPS) is 10.6. The summed E-state index contributed by atoms with van der Waals surface area (Å²) in [5.74, 6) is 0.322. The number of nitrogens with zero attached hydrogens (tertiary/aromatic N) is 4. The molecule has 0 bridgehead atoms. The van der Waals surface area contributed by atoms with Crippen LogP contribution in [0.4, 0.5) is 5.95 Å². The van der Waals surface area contributed by atoms with Crippen molar-refractivity contribution in [3.8, 4) is 11.8 Å². The van der Waals surface area contributed by atoms with Gasteiger partial charge in [-0.25, -0.2) is 28.1 Å². The molecule has 8 nitrogen and oxygen atoms in total. The van der Waals surface area contributed by atoms with Crippen molar-refractivity contribution in [3.05, 3.63) is 36.4 Å². The van der Waals surface area contributed by atoms with Gasteiger partial charge in [0.05, 0.1) is 19.5 Å². The first-order valence-corrected chi connectivity index (χ1v) is 6.78. The molecule has 0 fully saturated rings. The average Bonchev–Trinajstić information content (AvgIpc) is 2.48. The van der Waals surface area contributed by atoms with Gasteiger partial charge in [0.15, 0.2) is 5.75 Å². The van der Waals surface area contributed by atoms with Crippen LogP contribution in [0, 0.1) is 11.3 Å². The van der Waals surface area contributed by atoms with Gasteiger partial charge in [-0.15, -0.1) is 0 Å². The number of rotatable bonds is 4.